The predicted octanol–water partition coefficient (Wildman–Crippen LogP) is 2.71. The molecule has 1 heterocycles. The number of rotatable bonds is 8. The molecule has 1 saturated carbocycles. The van der Waals surface area contributed by atoms with Gasteiger partial charge in [0, 0.05) is 23.5 Å². The minimum absolute atomic E-state index is 0.0471. The maximum atomic E-state index is 12.5. The summed E-state index contributed by atoms with van der Waals surface area (Å²) in [5.41, 5.74) is 0. The van der Waals surface area contributed by atoms with Crippen molar-refractivity contribution in [1.82, 2.24) is 10.0 Å². The molecule has 1 aromatic heterocycles. The minimum atomic E-state index is -3.41. The van der Waals surface area contributed by atoms with E-state index >= 15 is 0 Å². The molecule has 0 spiro atoms. The van der Waals surface area contributed by atoms with Crippen LogP contribution < -0.4 is 10.0 Å². The molecule has 20 heavy (non-hydrogen) atoms. The van der Waals surface area contributed by atoms with Crippen LogP contribution in [0.25, 0.3) is 0 Å². The normalized spacial score (nSPS) is 18.9. The van der Waals surface area contributed by atoms with Crippen LogP contribution in [-0.2, 0) is 16.6 Å². The Hall–Kier alpha value is -0.430. The summed E-state index contributed by atoms with van der Waals surface area (Å²) in [7, 11) is -3.41. The smallest absolute Gasteiger partial charge is 0.241 e. The van der Waals surface area contributed by atoms with Gasteiger partial charge in [-0.1, -0.05) is 20.3 Å². The lowest BCUT2D eigenvalue weighted by Crippen LogP contribution is -2.37. The van der Waals surface area contributed by atoms with Crippen molar-refractivity contribution in [2.24, 2.45) is 5.92 Å². The zero-order valence-electron chi connectivity index (χ0n) is 12.3. The van der Waals surface area contributed by atoms with Gasteiger partial charge in [-0.15, -0.1) is 11.3 Å². The van der Waals surface area contributed by atoms with Gasteiger partial charge < -0.3 is 5.32 Å². The number of hydrogen-bond acceptors (Lipinski definition) is 4. The second-order valence-corrected chi connectivity index (χ2v) is 8.34. The van der Waals surface area contributed by atoms with E-state index < -0.39 is 10.0 Å². The van der Waals surface area contributed by atoms with Crippen LogP contribution >= 0.6 is 11.3 Å². The third-order valence-electron chi connectivity index (χ3n) is 3.96. The van der Waals surface area contributed by atoms with Crippen molar-refractivity contribution in [3.63, 3.8) is 0 Å². The van der Waals surface area contributed by atoms with E-state index in [1.54, 1.807) is 6.07 Å². The van der Waals surface area contributed by atoms with E-state index in [1.807, 2.05) is 12.3 Å². The first-order chi connectivity index (χ1) is 9.44. The Morgan fingerprint density at radius 2 is 2.10 bits per heavy atom. The molecule has 6 heteroatoms. The van der Waals surface area contributed by atoms with Gasteiger partial charge >= 0.3 is 0 Å². The van der Waals surface area contributed by atoms with E-state index in [1.165, 1.54) is 24.2 Å². The van der Waals surface area contributed by atoms with Crippen molar-refractivity contribution in [3.05, 3.63) is 16.3 Å². The van der Waals surface area contributed by atoms with E-state index in [0.717, 1.165) is 11.3 Å². The molecule has 0 aromatic carbocycles. The molecule has 2 N–H and O–H groups in total. The molecule has 114 valence electrons. The lowest BCUT2D eigenvalue weighted by molar-refractivity contribution is 0.434. The van der Waals surface area contributed by atoms with Crippen LogP contribution in [0, 0.1) is 5.92 Å². The molecule has 1 aromatic rings. The van der Waals surface area contributed by atoms with Gasteiger partial charge in [0.2, 0.25) is 10.0 Å². The zero-order chi connectivity index (χ0) is 14.8. The van der Waals surface area contributed by atoms with Gasteiger partial charge in [-0.2, -0.15) is 0 Å². The fraction of sp³-hybridized carbons (Fsp3) is 0.714. The fourth-order valence-corrected chi connectivity index (χ4v) is 4.75. The molecule has 0 amide bonds. The van der Waals surface area contributed by atoms with Crippen LogP contribution in [0.4, 0.5) is 0 Å². The highest BCUT2D eigenvalue weighted by molar-refractivity contribution is 7.89. The van der Waals surface area contributed by atoms with Crippen LogP contribution in [0.3, 0.4) is 0 Å². The average molecular weight is 316 g/mol. The van der Waals surface area contributed by atoms with Crippen LogP contribution in [-0.4, -0.2) is 20.5 Å². The third kappa shape index (κ3) is 4.04. The maximum Gasteiger partial charge on any atom is 0.241 e. The molecule has 4 nitrogen and oxygen atoms in total. The molecular weight excluding hydrogens is 292 g/mol. The number of hydrogen-bond donors (Lipinski definition) is 2. The molecule has 0 saturated heterocycles. The van der Waals surface area contributed by atoms with E-state index in [9.17, 15) is 8.42 Å². The monoisotopic (exact) mass is 316 g/mol. The largest absolute Gasteiger partial charge is 0.309 e. The maximum absolute atomic E-state index is 12.5. The first kappa shape index (κ1) is 15.9. The van der Waals surface area contributed by atoms with Crippen molar-refractivity contribution < 1.29 is 8.42 Å². The average Bonchev–Trinajstić information content (AvgIpc) is 3.10. The minimum Gasteiger partial charge on any atom is -0.309 e. The van der Waals surface area contributed by atoms with Gasteiger partial charge in [0.25, 0.3) is 0 Å². The quantitative estimate of drug-likeness (QED) is 0.775. The number of thiophene rings is 1. The first-order valence-electron chi connectivity index (χ1n) is 7.26. The summed E-state index contributed by atoms with van der Waals surface area (Å²) in [6.45, 7) is 6.72. The molecule has 1 aliphatic carbocycles. The molecule has 0 radical (unpaired) electrons. The van der Waals surface area contributed by atoms with Crippen LogP contribution in [0.2, 0.25) is 0 Å². The fourth-order valence-electron chi connectivity index (χ4n) is 2.00. The molecule has 1 fully saturated rings. The lowest BCUT2D eigenvalue weighted by Gasteiger charge is -2.20. The van der Waals surface area contributed by atoms with Crippen LogP contribution in [0.15, 0.2) is 16.3 Å². The molecule has 2 rings (SSSR count). The lowest BCUT2D eigenvalue weighted by atomic mass is 10.0. The molecule has 0 bridgehead atoms. The molecular formula is C14H24N2O2S2. The van der Waals surface area contributed by atoms with Gasteiger partial charge in [0.05, 0.1) is 4.90 Å². The second-order valence-electron chi connectivity index (χ2n) is 5.66. The van der Waals surface area contributed by atoms with Crippen molar-refractivity contribution in [2.75, 3.05) is 0 Å². The molecule has 1 aliphatic rings. The summed E-state index contributed by atoms with van der Waals surface area (Å²) in [5.74, 6) is 0.330. The summed E-state index contributed by atoms with van der Waals surface area (Å²) in [6.07, 6.45) is 3.37. The Bertz CT molecular complexity index is 535. The van der Waals surface area contributed by atoms with Gasteiger partial charge in [0.15, 0.2) is 0 Å². The third-order valence-corrected chi connectivity index (χ3v) is 6.65. The summed E-state index contributed by atoms with van der Waals surface area (Å²) >= 11 is 1.51. The van der Waals surface area contributed by atoms with Gasteiger partial charge in [-0.3, -0.25) is 0 Å². The highest BCUT2D eigenvalue weighted by Crippen LogP contribution is 2.25. The Labute approximate surface area is 126 Å². The van der Waals surface area contributed by atoms with Crippen LogP contribution in [0.1, 0.15) is 44.9 Å². The Morgan fingerprint density at radius 3 is 2.70 bits per heavy atom. The van der Waals surface area contributed by atoms with E-state index in [4.69, 9.17) is 0 Å². The number of nitrogens with one attached hydrogen (secondary N) is 2. The summed E-state index contributed by atoms with van der Waals surface area (Å²) in [6, 6.07) is 2.24. The van der Waals surface area contributed by atoms with Gasteiger partial charge in [-0.05, 0) is 37.1 Å². The standard InChI is InChI=1S/C14H24N2O2S2/c1-4-10(2)11(3)16-20(17,18)14-7-8-19-13(14)9-15-12-5-6-12/h7-8,10-12,15-16H,4-6,9H2,1-3H3. The van der Waals surface area contributed by atoms with Crippen molar-refractivity contribution >= 4 is 21.4 Å². The van der Waals surface area contributed by atoms with Crippen molar-refractivity contribution in [2.45, 2.75) is 63.6 Å². The van der Waals surface area contributed by atoms with E-state index in [2.05, 4.69) is 23.9 Å². The summed E-state index contributed by atoms with van der Waals surface area (Å²) in [4.78, 5) is 1.34. The second kappa shape index (κ2) is 6.56. The molecule has 2 atom stereocenters. The summed E-state index contributed by atoms with van der Waals surface area (Å²) < 4.78 is 27.8. The van der Waals surface area contributed by atoms with Crippen molar-refractivity contribution in [1.29, 1.82) is 0 Å². The highest BCUT2D eigenvalue weighted by Gasteiger charge is 2.25. The molecule has 0 aliphatic heterocycles. The molecule has 2 unspecified atom stereocenters. The van der Waals surface area contributed by atoms with Gasteiger partial charge in [-0.25, -0.2) is 13.1 Å². The van der Waals surface area contributed by atoms with Crippen molar-refractivity contribution in [3.8, 4) is 0 Å². The first-order valence-corrected chi connectivity index (χ1v) is 9.62. The predicted molar refractivity (Wildman–Crippen MR) is 83.4 cm³/mol. The highest BCUT2D eigenvalue weighted by atomic mass is 32.2. The van der Waals surface area contributed by atoms with Gasteiger partial charge in [0.1, 0.15) is 0 Å². The number of sulfonamides is 1. The van der Waals surface area contributed by atoms with E-state index in [-0.39, 0.29) is 6.04 Å². The summed E-state index contributed by atoms with van der Waals surface area (Å²) in [5, 5.41) is 5.23. The Morgan fingerprint density at radius 1 is 1.40 bits per heavy atom. The topological polar surface area (TPSA) is 58.2 Å². The Kier molecular flexibility index (Phi) is 5.23. The van der Waals surface area contributed by atoms with E-state index in [0.29, 0.717) is 23.4 Å². The Balaban J connectivity index is 2.06. The SMILES string of the molecule is CCC(C)C(C)NS(=O)(=O)c1ccsc1CNC1CC1. The zero-order valence-corrected chi connectivity index (χ0v) is 14.0. The van der Waals surface area contributed by atoms with Crippen LogP contribution in [0.5, 0.6) is 0 Å².